The highest BCUT2D eigenvalue weighted by Crippen LogP contribution is 2.42. The van der Waals surface area contributed by atoms with Gasteiger partial charge in [-0.25, -0.2) is 9.18 Å². The van der Waals surface area contributed by atoms with Crippen molar-refractivity contribution in [2.45, 2.75) is 78.8 Å². The Balaban J connectivity index is 1.94. The largest absolute Gasteiger partial charge is 0.481 e. The fraction of sp³-hybridized carbons (Fsp3) is 0.600. The summed E-state index contributed by atoms with van der Waals surface area (Å²) in [6.07, 6.45) is 4.18. The van der Waals surface area contributed by atoms with E-state index in [0.29, 0.717) is 29.8 Å². The molecule has 0 bridgehead atoms. The first-order valence-corrected chi connectivity index (χ1v) is 11.6. The van der Waals surface area contributed by atoms with Crippen LogP contribution in [0.1, 0.15) is 71.9 Å². The number of carbonyl (C=O) groups is 2. The van der Waals surface area contributed by atoms with Crippen LogP contribution in [0.15, 0.2) is 23.9 Å². The second-order valence-electron chi connectivity index (χ2n) is 10.8. The fourth-order valence-corrected chi connectivity index (χ4v) is 4.86. The van der Waals surface area contributed by atoms with Crippen molar-refractivity contribution in [1.29, 1.82) is 0 Å². The van der Waals surface area contributed by atoms with Gasteiger partial charge in [-0.3, -0.25) is 9.69 Å². The number of amides is 2. The topological polar surface area (TPSA) is 69.6 Å². The lowest BCUT2D eigenvalue weighted by Gasteiger charge is -2.47. The molecule has 7 heteroatoms. The Morgan fingerprint density at radius 1 is 1.34 bits per heavy atom. The summed E-state index contributed by atoms with van der Waals surface area (Å²) >= 11 is 6.57. The molecule has 2 aliphatic rings. The molecule has 1 fully saturated rings. The molecule has 0 radical (unpaired) electrons. The van der Waals surface area contributed by atoms with E-state index in [0.717, 1.165) is 17.6 Å². The number of aliphatic carboxylic acids is 1. The average Bonchev–Trinajstić information content (AvgIpc) is 2.61. The number of urea groups is 1. The molecule has 2 amide bonds. The number of nitrogens with zero attached hydrogens (tertiary/aromatic N) is 1. The van der Waals surface area contributed by atoms with Crippen LogP contribution in [0.4, 0.5) is 9.18 Å². The van der Waals surface area contributed by atoms with Crippen molar-refractivity contribution < 1.29 is 19.1 Å². The molecule has 1 aliphatic heterocycles. The normalized spacial score (nSPS) is 26.0. The van der Waals surface area contributed by atoms with Gasteiger partial charge in [0.15, 0.2) is 0 Å². The number of carbonyl (C=O) groups excluding carboxylic acids is 1. The maximum atomic E-state index is 15.4. The molecule has 0 saturated heterocycles. The van der Waals surface area contributed by atoms with Crippen molar-refractivity contribution in [3.63, 3.8) is 0 Å². The van der Waals surface area contributed by atoms with E-state index in [1.165, 1.54) is 6.07 Å². The number of carboxylic acids is 1. The Bertz CT molecular complexity index is 947. The molecule has 3 rings (SSSR count). The smallest absolute Gasteiger partial charge is 0.322 e. The molecular weight excluding hydrogens is 431 g/mol. The van der Waals surface area contributed by atoms with Crippen LogP contribution >= 0.6 is 11.6 Å². The van der Waals surface area contributed by atoms with Gasteiger partial charge >= 0.3 is 12.0 Å². The minimum Gasteiger partial charge on any atom is -0.481 e. The van der Waals surface area contributed by atoms with Crippen molar-refractivity contribution in [2.24, 2.45) is 17.3 Å². The second-order valence-corrected chi connectivity index (χ2v) is 11.3. The van der Waals surface area contributed by atoms with Crippen LogP contribution in [0.5, 0.6) is 0 Å². The quantitative estimate of drug-likeness (QED) is 0.534. The number of benzene rings is 1. The summed E-state index contributed by atoms with van der Waals surface area (Å²) in [4.78, 5) is 25.7. The Hall–Kier alpha value is -2.08. The van der Waals surface area contributed by atoms with Crippen LogP contribution in [0.2, 0.25) is 5.02 Å². The number of nitrogens with one attached hydrogen (secondary N) is 1. The molecule has 1 aromatic carbocycles. The first-order chi connectivity index (χ1) is 14.7. The van der Waals surface area contributed by atoms with E-state index in [1.54, 1.807) is 24.1 Å². The summed E-state index contributed by atoms with van der Waals surface area (Å²) in [5.41, 5.74) is 1.02. The van der Waals surface area contributed by atoms with Gasteiger partial charge < -0.3 is 10.4 Å². The Morgan fingerprint density at radius 3 is 2.50 bits per heavy atom. The van der Waals surface area contributed by atoms with Crippen LogP contribution in [0, 0.1) is 23.1 Å². The molecule has 1 atom stereocenters. The third kappa shape index (κ3) is 4.80. The molecule has 0 spiro atoms. The van der Waals surface area contributed by atoms with E-state index in [9.17, 15) is 9.59 Å². The molecule has 0 aromatic heterocycles. The highest BCUT2D eigenvalue weighted by Gasteiger charge is 2.46. The minimum absolute atomic E-state index is 0.0252. The van der Waals surface area contributed by atoms with Crippen molar-refractivity contribution in [2.75, 3.05) is 0 Å². The Labute approximate surface area is 195 Å². The molecular formula is C25H34ClFN2O3. The highest BCUT2D eigenvalue weighted by molar-refractivity contribution is 6.31. The molecule has 5 nitrogen and oxygen atoms in total. The zero-order valence-corrected chi connectivity index (χ0v) is 20.5. The predicted octanol–water partition coefficient (Wildman–Crippen LogP) is 6.10. The molecule has 2 N–H and O–H groups in total. The lowest BCUT2D eigenvalue weighted by molar-refractivity contribution is -0.146. The zero-order chi connectivity index (χ0) is 24.0. The predicted molar refractivity (Wildman–Crippen MR) is 124 cm³/mol. The standard InChI is InChI=1S/C25H34ClFN2O3/c1-14(2)19-13-29(17-9-16(10-17)22(30)31)23(32)28-25(19,6)18-12-20(26)15(11-21(18)27)7-8-24(3,4)5/h11-14,16-17H,7-10H2,1-6H3,(H,28,32)(H,30,31)/t16?,17?,25-/m0/s1. The van der Waals surface area contributed by atoms with Crippen molar-refractivity contribution >= 4 is 23.6 Å². The van der Waals surface area contributed by atoms with E-state index in [-0.39, 0.29) is 23.4 Å². The van der Waals surface area contributed by atoms with Crippen molar-refractivity contribution in [1.82, 2.24) is 10.2 Å². The van der Waals surface area contributed by atoms with E-state index < -0.39 is 23.2 Å². The first kappa shape index (κ1) is 24.6. The number of hydrogen-bond donors (Lipinski definition) is 2. The molecule has 176 valence electrons. The van der Waals surface area contributed by atoms with Gasteiger partial charge in [0.2, 0.25) is 0 Å². The van der Waals surface area contributed by atoms with Crippen LogP contribution in [-0.4, -0.2) is 28.0 Å². The number of rotatable bonds is 6. The van der Waals surface area contributed by atoms with Crippen LogP contribution in [0.3, 0.4) is 0 Å². The van der Waals surface area contributed by atoms with E-state index in [4.69, 9.17) is 16.7 Å². The molecule has 1 saturated carbocycles. The summed E-state index contributed by atoms with van der Waals surface area (Å²) < 4.78 is 15.4. The van der Waals surface area contributed by atoms with Gasteiger partial charge in [-0.1, -0.05) is 46.2 Å². The van der Waals surface area contributed by atoms with E-state index in [2.05, 4.69) is 26.1 Å². The van der Waals surface area contributed by atoms with Gasteiger partial charge in [-0.2, -0.15) is 0 Å². The fourth-order valence-electron chi connectivity index (χ4n) is 4.60. The minimum atomic E-state index is -1.05. The summed E-state index contributed by atoms with van der Waals surface area (Å²) in [5, 5.41) is 12.7. The van der Waals surface area contributed by atoms with Crippen molar-refractivity contribution in [3.8, 4) is 0 Å². The molecule has 1 aromatic rings. The molecule has 1 aliphatic carbocycles. The number of carboxylic acid groups (broad SMARTS) is 1. The lowest BCUT2D eigenvalue weighted by atomic mass is 9.75. The van der Waals surface area contributed by atoms with Crippen LogP contribution in [0.25, 0.3) is 0 Å². The zero-order valence-electron chi connectivity index (χ0n) is 19.8. The van der Waals surface area contributed by atoms with Crippen LogP contribution < -0.4 is 5.32 Å². The Morgan fingerprint density at radius 2 is 1.97 bits per heavy atom. The maximum Gasteiger partial charge on any atom is 0.322 e. The summed E-state index contributed by atoms with van der Waals surface area (Å²) in [6.45, 7) is 12.2. The average molecular weight is 465 g/mol. The number of aryl methyl sites for hydroxylation is 1. The third-order valence-electron chi connectivity index (χ3n) is 6.74. The maximum absolute atomic E-state index is 15.4. The van der Waals surface area contributed by atoms with Gasteiger partial charge in [-0.15, -0.1) is 0 Å². The van der Waals surface area contributed by atoms with Gasteiger partial charge in [0.05, 0.1) is 11.5 Å². The summed E-state index contributed by atoms with van der Waals surface area (Å²) in [7, 11) is 0. The first-order valence-electron chi connectivity index (χ1n) is 11.3. The third-order valence-corrected chi connectivity index (χ3v) is 7.10. The summed E-state index contributed by atoms with van der Waals surface area (Å²) in [5.74, 6) is -1.62. The molecule has 0 unspecified atom stereocenters. The van der Waals surface area contributed by atoms with Gasteiger partial charge in [0.25, 0.3) is 0 Å². The summed E-state index contributed by atoms with van der Waals surface area (Å²) in [6, 6.07) is 2.63. The van der Waals surface area contributed by atoms with E-state index in [1.807, 2.05) is 13.8 Å². The number of halogens is 2. The van der Waals surface area contributed by atoms with E-state index >= 15 is 4.39 Å². The SMILES string of the molecule is CC(C)C1=CN(C2CC(C(=O)O)C2)C(=O)N[C@@]1(C)c1cc(Cl)c(CCC(C)(C)C)cc1F. The van der Waals surface area contributed by atoms with Crippen LogP contribution in [-0.2, 0) is 16.8 Å². The highest BCUT2D eigenvalue weighted by atomic mass is 35.5. The second kappa shape index (κ2) is 8.69. The van der Waals surface area contributed by atoms with Crippen molar-refractivity contribution in [3.05, 3.63) is 45.9 Å². The Kier molecular flexibility index (Phi) is 6.67. The lowest BCUT2D eigenvalue weighted by Crippen LogP contribution is -2.59. The number of hydrogen-bond acceptors (Lipinski definition) is 2. The molecule has 1 heterocycles. The van der Waals surface area contributed by atoms with Gasteiger partial charge in [0, 0.05) is 22.8 Å². The molecule has 32 heavy (non-hydrogen) atoms. The van der Waals surface area contributed by atoms with Gasteiger partial charge in [0.1, 0.15) is 5.82 Å². The monoisotopic (exact) mass is 464 g/mol. The van der Waals surface area contributed by atoms with Gasteiger partial charge in [-0.05, 0) is 67.2 Å².